The lowest BCUT2D eigenvalue weighted by atomic mass is 9.95. The molecule has 1 aliphatic rings. The van der Waals surface area contributed by atoms with Gasteiger partial charge in [-0.05, 0) is 44.9 Å². The molecule has 146 valence electrons. The van der Waals surface area contributed by atoms with Gasteiger partial charge in [-0.3, -0.25) is 0 Å². The van der Waals surface area contributed by atoms with Crippen LogP contribution in [0, 0.1) is 5.92 Å². The van der Waals surface area contributed by atoms with Gasteiger partial charge in [-0.15, -0.1) is 0 Å². The molecule has 6 nitrogen and oxygen atoms in total. The van der Waals surface area contributed by atoms with Gasteiger partial charge in [0.15, 0.2) is 0 Å². The van der Waals surface area contributed by atoms with Crippen LogP contribution in [0.5, 0.6) is 0 Å². The Morgan fingerprint density at radius 3 is 1.88 bits per heavy atom. The van der Waals surface area contributed by atoms with Crippen LogP contribution >= 0.6 is 0 Å². The van der Waals surface area contributed by atoms with Crippen molar-refractivity contribution in [1.29, 1.82) is 0 Å². The van der Waals surface area contributed by atoms with Crippen LogP contribution in [0.4, 0.5) is 9.59 Å². The Hall–Kier alpha value is -1.46. The first-order valence-corrected chi connectivity index (χ1v) is 9.68. The van der Waals surface area contributed by atoms with Gasteiger partial charge in [0.05, 0.1) is 13.2 Å². The lowest BCUT2D eigenvalue weighted by Gasteiger charge is -2.27. The summed E-state index contributed by atoms with van der Waals surface area (Å²) in [6, 6.07) is 0. The molecule has 1 fully saturated rings. The van der Waals surface area contributed by atoms with Gasteiger partial charge in [-0.1, -0.05) is 39.5 Å². The van der Waals surface area contributed by atoms with E-state index in [0.717, 1.165) is 18.8 Å². The lowest BCUT2D eigenvalue weighted by Crippen LogP contribution is -2.30. The number of hydrogen-bond donors (Lipinski definition) is 0. The zero-order valence-corrected chi connectivity index (χ0v) is 16.0. The molecule has 0 heterocycles. The highest BCUT2D eigenvalue weighted by Crippen LogP contribution is 2.24. The summed E-state index contributed by atoms with van der Waals surface area (Å²) in [6.07, 6.45) is 6.81. The van der Waals surface area contributed by atoms with Crippen molar-refractivity contribution in [2.45, 2.75) is 90.8 Å². The first kappa shape index (κ1) is 21.6. The van der Waals surface area contributed by atoms with Gasteiger partial charge in [-0.25, -0.2) is 9.59 Å². The molecule has 0 aromatic carbocycles. The van der Waals surface area contributed by atoms with Gasteiger partial charge < -0.3 is 18.9 Å². The first-order chi connectivity index (χ1) is 12.0. The van der Waals surface area contributed by atoms with Gasteiger partial charge in [0.25, 0.3) is 0 Å². The minimum Gasteiger partial charge on any atom is -0.435 e. The van der Waals surface area contributed by atoms with E-state index in [2.05, 4.69) is 13.8 Å². The second kappa shape index (κ2) is 12.8. The Balaban J connectivity index is 2.02. The zero-order valence-electron chi connectivity index (χ0n) is 16.0. The van der Waals surface area contributed by atoms with E-state index >= 15 is 0 Å². The van der Waals surface area contributed by atoms with Crippen molar-refractivity contribution >= 4 is 12.3 Å². The van der Waals surface area contributed by atoms with E-state index in [9.17, 15) is 9.59 Å². The van der Waals surface area contributed by atoms with E-state index in [0.29, 0.717) is 38.9 Å². The van der Waals surface area contributed by atoms with Crippen molar-refractivity contribution in [3.63, 3.8) is 0 Å². The summed E-state index contributed by atoms with van der Waals surface area (Å²) in [7, 11) is 0. The van der Waals surface area contributed by atoms with E-state index in [4.69, 9.17) is 18.9 Å². The van der Waals surface area contributed by atoms with Gasteiger partial charge >= 0.3 is 12.3 Å². The Labute approximate surface area is 151 Å². The van der Waals surface area contributed by atoms with Gasteiger partial charge in [0.2, 0.25) is 0 Å². The Bertz CT molecular complexity index is 374. The smallest absolute Gasteiger partial charge is 0.435 e. The molecule has 0 atom stereocenters. The molecule has 0 aromatic rings. The summed E-state index contributed by atoms with van der Waals surface area (Å²) < 4.78 is 20.4. The van der Waals surface area contributed by atoms with E-state index in [-0.39, 0.29) is 12.2 Å². The molecule has 6 heteroatoms. The largest absolute Gasteiger partial charge is 0.508 e. The van der Waals surface area contributed by atoms with Crippen LogP contribution in [-0.2, 0) is 18.9 Å². The predicted octanol–water partition coefficient (Wildman–Crippen LogP) is 5.23. The molecule has 0 bridgehead atoms. The van der Waals surface area contributed by atoms with Crippen LogP contribution in [0.2, 0.25) is 0 Å². The highest BCUT2D eigenvalue weighted by molar-refractivity contribution is 5.60. The molecule has 1 rings (SSSR count). The number of ether oxygens (including phenoxy) is 4. The van der Waals surface area contributed by atoms with E-state index < -0.39 is 12.3 Å². The lowest BCUT2D eigenvalue weighted by molar-refractivity contribution is -0.0260. The molecule has 1 aliphatic carbocycles. The standard InChI is InChI=1S/C19H34O6/c1-4-22-18(20)24-16-10-12-17(13-11-16)25-19(21)23-14-8-6-5-7-9-15(2)3/h15-17H,4-14H2,1-3H3. The third-order valence-electron chi connectivity index (χ3n) is 4.30. The highest BCUT2D eigenvalue weighted by Gasteiger charge is 2.27. The fourth-order valence-electron chi connectivity index (χ4n) is 2.89. The highest BCUT2D eigenvalue weighted by atomic mass is 16.7. The monoisotopic (exact) mass is 358 g/mol. The zero-order chi connectivity index (χ0) is 18.5. The molecule has 0 saturated heterocycles. The van der Waals surface area contributed by atoms with Crippen LogP contribution in [0.25, 0.3) is 0 Å². The molecule has 0 aromatic heterocycles. The summed E-state index contributed by atoms with van der Waals surface area (Å²) in [5.41, 5.74) is 0. The van der Waals surface area contributed by atoms with E-state index in [1.54, 1.807) is 6.92 Å². The van der Waals surface area contributed by atoms with Crippen molar-refractivity contribution < 1.29 is 28.5 Å². The third-order valence-corrected chi connectivity index (χ3v) is 4.30. The Kier molecular flexibility index (Phi) is 11.1. The quantitative estimate of drug-likeness (QED) is 0.393. The van der Waals surface area contributed by atoms with E-state index in [1.807, 2.05) is 0 Å². The summed E-state index contributed by atoms with van der Waals surface area (Å²) >= 11 is 0. The second-order valence-electron chi connectivity index (χ2n) is 7.01. The van der Waals surface area contributed by atoms with Crippen molar-refractivity contribution in [2.24, 2.45) is 5.92 Å². The van der Waals surface area contributed by atoms with Gasteiger partial charge in [-0.2, -0.15) is 0 Å². The molecule has 1 saturated carbocycles. The minimum absolute atomic E-state index is 0.152. The third kappa shape index (κ3) is 10.9. The second-order valence-corrected chi connectivity index (χ2v) is 7.01. The molecule has 25 heavy (non-hydrogen) atoms. The maximum absolute atomic E-state index is 11.7. The number of carbonyl (C=O) groups excluding carboxylic acids is 2. The van der Waals surface area contributed by atoms with Crippen molar-refractivity contribution in [3.05, 3.63) is 0 Å². The average molecular weight is 358 g/mol. The summed E-state index contributed by atoms with van der Waals surface area (Å²) in [5.74, 6) is 0.754. The topological polar surface area (TPSA) is 71.1 Å². The number of hydrogen-bond acceptors (Lipinski definition) is 6. The van der Waals surface area contributed by atoms with Crippen LogP contribution in [0.1, 0.15) is 78.6 Å². The normalized spacial score (nSPS) is 20.2. The molecule has 0 amide bonds. The maximum atomic E-state index is 11.7. The Morgan fingerprint density at radius 1 is 0.840 bits per heavy atom. The predicted molar refractivity (Wildman–Crippen MR) is 94.5 cm³/mol. The van der Waals surface area contributed by atoms with Crippen LogP contribution in [-0.4, -0.2) is 37.7 Å². The van der Waals surface area contributed by atoms with E-state index in [1.165, 1.54) is 19.3 Å². The Morgan fingerprint density at radius 2 is 1.36 bits per heavy atom. The first-order valence-electron chi connectivity index (χ1n) is 9.68. The van der Waals surface area contributed by atoms with Gasteiger partial charge in [0.1, 0.15) is 12.2 Å². The minimum atomic E-state index is -0.625. The molecule has 0 unspecified atom stereocenters. The number of rotatable bonds is 10. The molecular formula is C19H34O6. The average Bonchev–Trinajstić information content (AvgIpc) is 2.55. The molecule has 0 spiro atoms. The molecule has 0 radical (unpaired) electrons. The van der Waals surface area contributed by atoms with Crippen LogP contribution in [0.3, 0.4) is 0 Å². The molecule has 0 N–H and O–H groups in total. The van der Waals surface area contributed by atoms with Crippen molar-refractivity contribution in [1.82, 2.24) is 0 Å². The summed E-state index contributed by atoms with van der Waals surface area (Å²) in [4.78, 5) is 23.0. The van der Waals surface area contributed by atoms with Crippen LogP contribution in [0.15, 0.2) is 0 Å². The fourth-order valence-corrected chi connectivity index (χ4v) is 2.89. The van der Waals surface area contributed by atoms with Gasteiger partial charge in [0, 0.05) is 0 Å². The maximum Gasteiger partial charge on any atom is 0.508 e. The van der Waals surface area contributed by atoms with Crippen molar-refractivity contribution in [3.8, 4) is 0 Å². The molecule has 0 aliphatic heterocycles. The summed E-state index contributed by atoms with van der Waals surface area (Å²) in [5, 5.41) is 0. The molecular weight excluding hydrogens is 324 g/mol. The summed E-state index contributed by atoms with van der Waals surface area (Å²) in [6.45, 7) is 6.93. The fraction of sp³-hybridized carbons (Fsp3) is 0.895. The number of unbranched alkanes of at least 4 members (excludes halogenated alkanes) is 3. The SMILES string of the molecule is CCOC(=O)OC1CCC(OC(=O)OCCCCCCC(C)C)CC1. The van der Waals surface area contributed by atoms with Crippen LogP contribution < -0.4 is 0 Å². The number of carbonyl (C=O) groups is 2. The van der Waals surface area contributed by atoms with Crippen molar-refractivity contribution in [2.75, 3.05) is 13.2 Å².